The van der Waals surface area contributed by atoms with Gasteiger partial charge in [-0.3, -0.25) is 9.69 Å². The van der Waals surface area contributed by atoms with E-state index in [-0.39, 0.29) is 5.91 Å². The predicted octanol–water partition coefficient (Wildman–Crippen LogP) is 5.64. The molecule has 0 saturated heterocycles. The molecule has 7 heteroatoms. The van der Waals surface area contributed by atoms with Gasteiger partial charge >= 0.3 is 0 Å². The van der Waals surface area contributed by atoms with Crippen LogP contribution in [0.1, 0.15) is 17.5 Å². The van der Waals surface area contributed by atoms with E-state index in [1.54, 1.807) is 11.8 Å². The molecule has 0 fully saturated rings. The Morgan fingerprint density at radius 3 is 2.55 bits per heavy atom. The molecule has 0 unspecified atom stereocenters. The van der Waals surface area contributed by atoms with Crippen LogP contribution in [0.4, 0.5) is 5.13 Å². The Morgan fingerprint density at radius 2 is 1.86 bits per heavy atom. The van der Waals surface area contributed by atoms with Gasteiger partial charge in [-0.25, -0.2) is 4.98 Å². The number of thioether (sulfide) groups is 1. The van der Waals surface area contributed by atoms with Gasteiger partial charge in [0.2, 0.25) is 5.91 Å². The van der Waals surface area contributed by atoms with Crippen molar-refractivity contribution < 1.29 is 4.79 Å². The fourth-order valence-corrected chi connectivity index (χ4v) is 5.22. The van der Waals surface area contributed by atoms with Crippen LogP contribution in [0, 0.1) is 13.8 Å². The number of amides is 1. The molecule has 0 aliphatic heterocycles. The maximum absolute atomic E-state index is 13.1. The molecule has 0 bridgehead atoms. The van der Waals surface area contributed by atoms with E-state index >= 15 is 0 Å². The second-order valence-electron chi connectivity index (χ2n) is 7.33. The second kappa shape index (κ2) is 9.94. The number of thiazole rings is 1. The number of aryl methyl sites for hydroxylation is 2. The Morgan fingerprint density at radius 1 is 1.14 bits per heavy atom. The molecular weight excluding hydrogens is 422 g/mol. The van der Waals surface area contributed by atoms with Crippen molar-refractivity contribution in [2.24, 2.45) is 0 Å². The van der Waals surface area contributed by atoms with E-state index < -0.39 is 0 Å². The molecule has 154 valence electrons. The monoisotopic (exact) mass is 447 g/mol. The van der Waals surface area contributed by atoms with Gasteiger partial charge in [-0.2, -0.15) is 0 Å². The summed E-state index contributed by atoms with van der Waals surface area (Å²) in [6.07, 6.45) is 0.474. The fraction of sp³-hybridized carbons (Fsp3) is 0.364. The van der Waals surface area contributed by atoms with Gasteiger partial charge in [0, 0.05) is 35.2 Å². The quantitative estimate of drug-likeness (QED) is 0.418. The number of likely N-dealkylation sites (N-methyl/N-ethyl adjacent to an activating group) is 1. The normalized spacial score (nSPS) is 11.4. The van der Waals surface area contributed by atoms with Gasteiger partial charge < -0.3 is 4.90 Å². The highest BCUT2D eigenvalue weighted by molar-refractivity contribution is 7.99. The first-order valence-electron chi connectivity index (χ1n) is 9.55. The molecule has 0 saturated carbocycles. The number of aromatic nitrogens is 1. The van der Waals surface area contributed by atoms with Gasteiger partial charge in [0.25, 0.3) is 0 Å². The zero-order valence-electron chi connectivity index (χ0n) is 17.2. The summed E-state index contributed by atoms with van der Waals surface area (Å²) in [4.78, 5) is 22.9. The molecule has 3 rings (SSSR count). The number of nitrogens with zero attached hydrogens (tertiary/aromatic N) is 3. The number of benzene rings is 2. The van der Waals surface area contributed by atoms with Crippen LogP contribution in [-0.4, -0.2) is 48.7 Å². The zero-order chi connectivity index (χ0) is 21.0. The number of hydrogen-bond donors (Lipinski definition) is 0. The van der Waals surface area contributed by atoms with E-state index in [4.69, 9.17) is 16.6 Å². The third-order valence-electron chi connectivity index (χ3n) is 4.55. The largest absolute Gasteiger partial charge is 0.308 e. The Labute approximate surface area is 185 Å². The third-order valence-corrected chi connectivity index (χ3v) is 6.80. The molecule has 0 aliphatic rings. The molecule has 0 atom stereocenters. The van der Waals surface area contributed by atoms with Gasteiger partial charge in [-0.15, -0.1) is 11.8 Å². The highest BCUT2D eigenvalue weighted by Crippen LogP contribution is 2.33. The SMILES string of the molecule is Cc1ccc(SCCC(=O)N(CCN(C)C)c2nc3c(C)cc(Cl)cc3s2)cc1. The van der Waals surface area contributed by atoms with Crippen LogP contribution in [0.15, 0.2) is 41.3 Å². The zero-order valence-corrected chi connectivity index (χ0v) is 19.6. The van der Waals surface area contributed by atoms with Crippen LogP contribution in [0.25, 0.3) is 10.2 Å². The number of carbonyl (C=O) groups excluding carboxylic acids is 1. The molecule has 29 heavy (non-hydrogen) atoms. The molecule has 4 nitrogen and oxygen atoms in total. The van der Waals surface area contributed by atoms with Crippen molar-refractivity contribution in [3.8, 4) is 0 Å². The summed E-state index contributed by atoms with van der Waals surface area (Å²) in [5, 5.41) is 1.45. The minimum absolute atomic E-state index is 0.106. The van der Waals surface area contributed by atoms with Crippen molar-refractivity contribution in [2.45, 2.75) is 25.2 Å². The van der Waals surface area contributed by atoms with Crippen LogP contribution in [0.5, 0.6) is 0 Å². The van der Waals surface area contributed by atoms with Gasteiger partial charge in [-0.1, -0.05) is 40.6 Å². The van der Waals surface area contributed by atoms with Crippen molar-refractivity contribution in [3.05, 3.63) is 52.5 Å². The van der Waals surface area contributed by atoms with Crippen LogP contribution < -0.4 is 4.90 Å². The molecule has 1 aromatic heterocycles. The predicted molar refractivity (Wildman–Crippen MR) is 127 cm³/mol. The van der Waals surface area contributed by atoms with Crippen molar-refractivity contribution in [1.82, 2.24) is 9.88 Å². The van der Waals surface area contributed by atoms with Crippen LogP contribution >= 0.6 is 34.7 Å². The standard InChI is InChI=1S/C22H26ClN3OS2/c1-15-5-7-18(8-6-15)28-12-9-20(27)26(11-10-25(3)4)22-24-21-16(2)13-17(23)14-19(21)29-22/h5-8,13-14H,9-12H2,1-4H3. The number of fused-ring (bicyclic) bond motifs is 1. The third kappa shape index (κ3) is 5.95. The number of rotatable bonds is 8. The first-order chi connectivity index (χ1) is 13.8. The Hall–Kier alpha value is -1.60. The lowest BCUT2D eigenvalue weighted by atomic mass is 10.2. The van der Waals surface area contributed by atoms with Gasteiger partial charge in [0.1, 0.15) is 0 Å². The molecule has 0 spiro atoms. The first-order valence-corrected chi connectivity index (χ1v) is 11.7. The minimum Gasteiger partial charge on any atom is -0.308 e. The maximum atomic E-state index is 13.1. The average molecular weight is 448 g/mol. The summed E-state index contributed by atoms with van der Waals surface area (Å²) in [5.74, 6) is 0.852. The Balaban J connectivity index is 1.74. The molecule has 3 aromatic rings. The number of halogens is 1. The Kier molecular flexibility index (Phi) is 7.57. The summed E-state index contributed by atoms with van der Waals surface area (Å²) in [7, 11) is 4.02. The Bertz CT molecular complexity index is 986. The lowest BCUT2D eigenvalue weighted by molar-refractivity contribution is -0.118. The number of hydrogen-bond acceptors (Lipinski definition) is 5. The van der Waals surface area contributed by atoms with Gasteiger partial charge in [0.15, 0.2) is 5.13 Å². The van der Waals surface area contributed by atoms with E-state index in [1.165, 1.54) is 21.8 Å². The highest BCUT2D eigenvalue weighted by Gasteiger charge is 2.20. The van der Waals surface area contributed by atoms with Crippen molar-refractivity contribution >= 4 is 56.0 Å². The first kappa shape index (κ1) is 22.1. The summed E-state index contributed by atoms with van der Waals surface area (Å²) in [5.41, 5.74) is 3.20. The van der Waals surface area contributed by atoms with E-state index in [0.29, 0.717) is 18.0 Å². The topological polar surface area (TPSA) is 36.4 Å². The number of carbonyl (C=O) groups is 1. The smallest absolute Gasteiger partial charge is 0.229 e. The van der Waals surface area contributed by atoms with Crippen LogP contribution in [0.2, 0.25) is 5.02 Å². The fourth-order valence-electron chi connectivity index (χ4n) is 2.91. The molecule has 1 heterocycles. The van der Waals surface area contributed by atoms with Gasteiger partial charge in [0.05, 0.1) is 10.2 Å². The van der Waals surface area contributed by atoms with Crippen LogP contribution in [0.3, 0.4) is 0 Å². The van der Waals surface area contributed by atoms with Crippen molar-refractivity contribution in [3.63, 3.8) is 0 Å². The number of anilines is 1. The summed E-state index contributed by atoms with van der Waals surface area (Å²) in [6.45, 7) is 5.48. The van der Waals surface area contributed by atoms with Gasteiger partial charge in [-0.05, 0) is 57.8 Å². The van der Waals surface area contributed by atoms with Crippen molar-refractivity contribution in [1.29, 1.82) is 0 Å². The minimum atomic E-state index is 0.106. The second-order valence-corrected chi connectivity index (χ2v) is 9.94. The van der Waals surface area contributed by atoms with Crippen LogP contribution in [-0.2, 0) is 4.79 Å². The van der Waals surface area contributed by atoms with E-state index in [0.717, 1.165) is 33.2 Å². The molecular formula is C22H26ClN3OS2. The lowest BCUT2D eigenvalue weighted by Gasteiger charge is -2.22. The maximum Gasteiger partial charge on any atom is 0.229 e. The van der Waals surface area contributed by atoms with E-state index in [9.17, 15) is 4.79 Å². The lowest BCUT2D eigenvalue weighted by Crippen LogP contribution is -2.36. The molecule has 0 aliphatic carbocycles. The summed E-state index contributed by atoms with van der Waals surface area (Å²) in [6, 6.07) is 12.2. The van der Waals surface area contributed by atoms with E-state index in [1.807, 2.05) is 38.1 Å². The average Bonchev–Trinajstić information content (AvgIpc) is 3.07. The van der Waals surface area contributed by atoms with Crippen molar-refractivity contribution in [2.75, 3.05) is 37.8 Å². The molecule has 0 N–H and O–H groups in total. The molecule has 1 amide bonds. The van der Waals surface area contributed by atoms with E-state index in [2.05, 4.69) is 36.1 Å². The highest BCUT2D eigenvalue weighted by atomic mass is 35.5. The summed E-state index contributed by atoms with van der Waals surface area (Å²) >= 11 is 9.44. The summed E-state index contributed by atoms with van der Waals surface area (Å²) < 4.78 is 1.02. The molecule has 0 radical (unpaired) electrons. The molecule has 2 aromatic carbocycles.